The van der Waals surface area contributed by atoms with Crippen LogP contribution in [-0.2, 0) is 6.42 Å². The van der Waals surface area contributed by atoms with Crippen LogP contribution in [-0.4, -0.2) is 47.2 Å². The molecule has 2 aliphatic rings. The molecule has 1 N–H and O–H groups in total. The molecule has 3 rings (SSSR count). The Bertz CT molecular complexity index is 580. The lowest BCUT2D eigenvalue weighted by Crippen LogP contribution is -2.41. The number of hydrogen-bond acceptors (Lipinski definition) is 4. The Balaban J connectivity index is 0.00000243. The minimum Gasteiger partial charge on any atom is -0.357 e. The maximum absolute atomic E-state index is 5.31. The largest absolute Gasteiger partial charge is 0.357 e. The summed E-state index contributed by atoms with van der Waals surface area (Å²) in [4.78, 5) is 11.8. The zero-order chi connectivity index (χ0) is 17.7. The molecule has 1 aliphatic heterocycles. The maximum Gasteiger partial charge on any atom is 0.226 e. The van der Waals surface area contributed by atoms with Crippen LogP contribution in [0.1, 0.15) is 76.9 Å². The van der Waals surface area contributed by atoms with Crippen molar-refractivity contribution < 1.29 is 4.52 Å². The minimum absolute atomic E-state index is 0. The molecule has 2 heterocycles. The molecule has 0 unspecified atom stereocenters. The van der Waals surface area contributed by atoms with E-state index in [9.17, 15) is 0 Å². The summed E-state index contributed by atoms with van der Waals surface area (Å²) >= 11 is 0. The number of nitrogens with zero attached hydrogens (tertiary/aromatic N) is 4. The van der Waals surface area contributed by atoms with E-state index in [1.54, 1.807) is 0 Å². The fourth-order valence-corrected chi connectivity index (χ4v) is 4.09. The van der Waals surface area contributed by atoms with Gasteiger partial charge in [0.15, 0.2) is 11.8 Å². The van der Waals surface area contributed by atoms with E-state index in [4.69, 9.17) is 9.52 Å². The van der Waals surface area contributed by atoms with E-state index < -0.39 is 0 Å². The quantitative estimate of drug-likeness (QED) is 0.292. The summed E-state index contributed by atoms with van der Waals surface area (Å²) < 4.78 is 5.31. The first kappa shape index (κ1) is 21.4. The van der Waals surface area contributed by atoms with Crippen molar-refractivity contribution in [3.63, 3.8) is 0 Å². The molecule has 0 bridgehead atoms. The van der Waals surface area contributed by atoms with Gasteiger partial charge in [-0.3, -0.25) is 4.99 Å². The topological polar surface area (TPSA) is 66.5 Å². The molecule has 1 saturated heterocycles. The van der Waals surface area contributed by atoms with Crippen molar-refractivity contribution in [3.8, 4) is 0 Å². The van der Waals surface area contributed by atoms with Crippen LogP contribution >= 0.6 is 24.0 Å². The molecule has 0 atom stereocenters. The molecule has 7 heteroatoms. The Hall–Kier alpha value is -0.860. The number of aryl methyl sites for hydroxylation is 1. The first-order valence-corrected chi connectivity index (χ1v) is 9.98. The normalized spacial score (nSPS) is 19.4. The second-order valence-corrected chi connectivity index (χ2v) is 7.92. The number of nitrogens with one attached hydrogen (secondary N) is 1. The molecule has 1 spiro atoms. The van der Waals surface area contributed by atoms with Crippen molar-refractivity contribution in [1.82, 2.24) is 20.4 Å². The molecule has 1 aliphatic carbocycles. The minimum atomic E-state index is 0. The fraction of sp³-hybridized carbons (Fsp3) is 0.842. The van der Waals surface area contributed by atoms with Crippen LogP contribution in [0.4, 0.5) is 0 Å². The number of aromatic nitrogens is 2. The van der Waals surface area contributed by atoms with Crippen LogP contribution in [0.25, 0.3) is 0 Å². The second-order valence-electron chi connectivity index (χ2n) is 7.92. The van der Waals surface area contributed by atoms with Crippen LogP contribution < -0.4 is 5.32 Å². The predicted octanol–water partition coefficient (Wildman–Crippen LogP) is 3.98. The molecule has 2 fully saturated rings. The third-order valence-electron chi connectivity index (χ3n) is 5.55. The Kier molecular flexibility index (Phi) is 8.16. The van der Waals surface area contributed by atoms with E-state index >= 15 is 0 Å². The Morgan fingerprint density at radius 1 is 1.31 bits per heavy atom. The van der Waals surface area contributed by atoms with Gasteiger partial charge >= 0.3 is 0 Å². The molecular formula is C19H34IN5O. The van der Waals surface area contributed by atoms with E-state index in [1.807, 2.05) is 0 Å². The molecule has 1 aromatic heterocycles. The highest BCUT2D eigenvalue weighted by Gasteiger charge is 2.41. The summed E-state index contributed by atoms with van der Waals surface area (Å²) in [6.07, 6.45) is 8.68. The zero-order valence-electron chi connectivity index (χ0n) is 16.5. The van der Waals surface area contributed by atoms with Crippen LogP contribution in [0, 0.1) is 5.41 Å². The summed E-state index contributed by atoms with van der Waals surface area (Å²) in [5.74, 6) is 2.93. The van der Waals surface area contributed by atoms with E-state index in [0.29, 0.717) is 11.3 Å². The monoisotopic (exact) mass is 475 g/mol. The van der Waals surface area contributed by atoms with Gasteiger partial charge in [0, 0.05) is 38.5 Å². The SMILES string of the molecule is CCNC(=NCCCc1nc(C(C)C)no1)N1CCC2(CCCC2)C1.I. The van der Waals surface area contributed by atoms with E-state index in [2.05, 4.69) is 41.1 Å². The van der Waals surface area contributed by atoms with Gasteiger partial charge in [-0.1, -0.05) is 31.8 Å². The average Bonchev–Trinajstić information content (AvgIpc) is 3.33. The third-order valence-corrected chi connectivity index (χ3v) is 5.55. The highest BCUT2D eigenvalue weighted by atomic mass is 127. The Morgan fingerprint density at radius 2 is 2.08 bits per heavy atom. The van der Waals surface area contributed by atoms with Crippen molar-refractivity contribution in [2.75, 3.05) is 26.2 Å². The molecule has 1 saturated carbocycles. The summed E-state index contributed by atoms with van der Waals surface area (Å²) in [6.45, 7) is 10.3. The molecule has 0 radical (unpaired) electrons. The second kappa shape index (κ2) is 9.90. The summed E-state index contributed by atoms with van der Waals surface area (Å²) in [7, 11) is 0. The lowest BCUT2D eigenvalue weighted by Gasteiger charge is -2.25. The van der Waals surface area contributed by atoms with Gasteiger partial charge in [-0.2, -0.15) is 4.98 Å². The molecular weight excluding hydrogens is 441 g/mol. The van der Waals surface area contributed by atoms with Crippen LogP contribution in [0.15, 0.2) is 9.52 Å². The number of likely N-dealkylation sites (tertiary alicyclic amines) is 1. The zero-order valence-corrected chi connectivity index (χ0v) is 18.8. The summed E-state index contributed by atoms with van der Waals surface area (Å²) in [5, 5.41) is 7.49. The van der Waals surface area contributed by atoms with Crippen molar-refractivity contribution in [1.29, 1.82) is 0 Å². The number of hydrogen-bond donors (Lipinski definition) is 1. The molecule has 6 nitrogen and oxygen atoms in total. The number of aliphatic imine (C=N–C) groups is 1. The lowest BCUT2D eigenvalue weighted by molar-refractivity contribution is 0.309. The van der Waals surface area contributed by atoms with E-state index in [0.717, 1.165) is 50.2 Å². The highest BCUT2D eigenvalue weighted by molar-refractivity contribution is 14.0. The number of halogens is 1. The molecule has 0 aromatic carbocycles. The van der Waals surface area contributed by atoms with Gasteiger partial charge in [-0.25, -0.2) is 0 Å². The first-order valence-electron chi connectivity index (χ1n) is 9.98. The van der Waals surface area contributed by atoms with Gasteiger partial charge in [0.1, 0.15) is 0 Å². The number of rotatable bonds is 6. The Labute approximate surface area is 174 Å². The van der Waals surface area contributed by atoms with Gasteiger partial charge in [0.25, 0.3) is 0 Å². The van der Waals surface area contributed by atoms with Crippen molar-refractivity contribution in [2.24, 2.45) is 10.4 Å². The summed E-state index contributed by atoms with van der Waals surface area (Å²) in [6, 6.07) is 0. The van der Waals surface area contributed by atoms with Gasteiger partial charge in [-0.15, -0.1) is 24.0 Å². The molecule has 26 heavy (non-hydrogen) atoms. The van der Waals surface area contributed by atoms with Gasteiger partial charge in [-0.05, 0) is 38.0 Å². The van der Waals surface area contributed by atoms with Gasteiger partial charge in [0.05, 0.1) is 0 Å². The first-order chi connectivity index (χ1) is 12.1. The highest BCUT2D eigenvalue weighted by Crippen LogP contribution is 2.45. The van der Waals surface area contributed by atoms with Crippen LogP contribution in [0.2, 0.25) is 0 Å². The van der Waals surface area contributed by atoms with Crippen molar-refractivity contribution >= 4 is 29.9 Å². The van der Waals surface area contributed by atoms with Gasteiger partial charge < -0.3 is 14.7 Å². The van der Waals surface area contributed by atoms with Gasteiger partial charge in [0.2, 0.25) is 5.89 Å². The Morgan fingerprint density at radius 3 is 2.73 bits per heavy atom. The van der Waals surface area contributed by atoms with E-state index in [-0.39, 0.29) is 24.0 Å². The van der Waals surface area contributed by atoms with Crippen molar-refractivity contribution in [3.05, 3.63) is 11.7 Å². The lowest BCUT2D eigenvalue weighted by atomic mass is 9.86. The molecule has 148 valence electrons. The van der Waals surface area contributed by atoms with Crippen molar-refractivity contribution in [2.45, 2.75) is 71.6 Å². The molecule has 0 amide bonds. The van der Waals surface area contributed by atoms with Crippen LogP contribution in [0.5, 0.6) is 0 Å². The standard InChI is InChI=1S/C19H33N5O.HI/c1-4-20-18(24-13-11-19(14-24)9-5-6-10-19)21-12-7-8-16-22-17(15(2)3)23-25-16;/h15H,4-14H2,1-3H3,(H,20,21);1H. The smallest absolute Gasteiger partial charge is 0.226 e. The average molecular weight is 475 g/mol. The predicted molar refractivity (Wildman–Crippen MR) is 115 cm³/mol. The number of guanidine groups is 1. The fourth-order valence-electron chi connectivity index (χ4n) is 4.09. The van der Waals surface area contributed by atoms with Crippen LogP contribution in [0.3, 0.4) is 0 Å². The van der Waals surface area contributed by atoms with E-state index in [1.165, 1.54) is 38.6 Å². The molecule has 1 aromatic rings. The third kappa shape index (κ3) is 5.33. The summed E-state index contributed by atoms with van der Waals surface area (Å²) in [5.41, 5.74) is 0.577. The maximum atomic E-state index is 5.31.